The first-order valence-electron chi connectivity index (χ1n) is 3.76. The minimum absolute atomic E-state index is 0.137. The van der Waals surface area contributed by atoms with Gasteiger partial charge in [0.1, 0.15) is 5.62 Å². The molecule has 0 spiro atoms. The van der Waals surface area contributed by atoms with E-state index in [2.05, 4.69) is 0 Å². The molecule has 3 nitrogen and oxygen atoms in total. The molecule has 1 atom stereocenters. The molecule has 11 heavy (non-hydrogen) atoms. The maximum atomic E-state index is 9.44. The van der Waals surface area contributed by atoms with Crippen molar-refractivity contribution in [2.75, 3.05) is 27.2 Å². The molecule has 64 valence electrons. The fourth-order valence-electron chi connectivity index (χ4n) is 0.692. The molecular formula is C7H17BNO2+. The summed E-state index contributed by atoms with van der Waals surface area (Å²) in [7, 11) is 9.16. The highest BCUT2D eigenvalue weighted by Crippen LogP contribution is 2.13. The van der Waals surface area contributed by atoms with Crippen LogP contribution in [0.3, 0.4) is 0 Å². The molecule has 1 unspecified atom stereocenters. The first kappa shape index (κ1) is 10.9. The van der Waals surface area contributed by atoms with Gasteiger partial charge >= 0.3 is 0 Å². The molecule has 0 aromatic rings. The Morgan fingerprint density at radius 2 is 1.91 bits per heavy atom. The summed E-state index contributed by atoms with van der Waals surface area (Å²) in [5, 5.41) is 18.0. The minimum atomic E-state index is -1.23. The van der Waals surface area contributed by atoms with E-state index < -0.39 is 5.62 Å². The van der Waals surface area contributed by atoms with Crippen molar-refractivity contribution in [2.24, 2.45) is 0 Å². The van der Waals surface area contributed by atoms with E-state index in [-0.39, 0.29) is 6.61 Å². The van der Waals surface area contributed by atoms with Crippen LogP contribution in [0.1, 0.15) is 13.3 Å². The smallest absolute Gasteiger partial charge is 0.202 e. The zero-order chi connectivity index (χ0) is 9.12. The minimum Gasteiger partial charge on any atom is -0.396 e. The van der Waals surface area contributed by atoms with Gasteiger partial charge in [0.25, 0.3) is 0 Å². The summed E-state index contributed by atoms with van der Waals surface area (Å²) in [6, 6.07) is 0. The van der Waals surface area contributed by atoms with Crippen LogP contribution in [0.2, 0.25) is 0 Å². The molecule has 0 aliphatic rings. The summed E-state index contributed by atoms with van der Waals surface area (Å²) in [5.41, 5.74) is -1.23. The summed E-state index contributed by atoms with van der Waals surface area (Å²) < 4.78 is 0.299. The van der Waals surface area contributed by atoms with Crippen molar-refractivity contribution in [1.82, 2.24) is 0 Å². The standard InChI is InChI=1S/C7H17BNO2/c1-7(8,11)9(2,3)5-4-6-10/h10-11H,4-6H2,1-3H3/q+1. The largest absolute Gasteiger partial charge is 0.396 e. The number of quaternary nitrogens is 1. The lowest BCUT2D eigenvalue weighted by atomic mass is 9.89. The van der Waals surface area contributed by atoms with E-state index in [1.807, 2.05) is 14.1 Å². The lowest BCUT2D eigenvalue weighted by Gasteiger charge is -2.41. The van der Waals surface area contributed by atoms with Gasteiger partial charge in [-0.1, -0.05) is 0 Å². The molecule has 2 radical (unpaired) electrons. The highest BCUT2D eigenvalue weighted by molar-refractivity contribution is 6.12. The van der Waals surface area contributed by atoms with E-state index in [4.69, 9.17) is 13.0 Å². The zero-order valence-electron chi connectivity index (χ0n) is 7.54. The lowest BCUT2D eigenvalue weighted by molar-refractivity contribution is -0.948. The predicted molar refractivity (Wildman–Crippen MR) is 45.1 cm³/mol. The molecule has 0 saturated heterocycles. The summed E-state index contributed by atoms with van der Waals surface area (Å²) >= 11 is 0. The van der Waals surface area contributed by atoms with Gasteiger partial charge in [-0.25, -0.2) is 0 Å². The number of nitrogens with zero attached hydrogens (tertiary/aromatic N) is 1. The topological polar surface area (TPSA) is 40.5 Å². The van der Waals surface area contributed by atoms with Gasteiger partial charge in [0, 0.05) is 20.0 Å². The van der Waals surface area contributed by atoms with E-state index in [1.54, 1.807) is 6.92 Å². The fraction of sp³-hybridized carbons (Fsp3) is 1.00. The Hall–Kier alpha value is -0.0551. The molecule has 0 saturated carbocycles. The van der Waals surface area contributed by atoms with Crippen molar-refractivity contribution in [3.8, 4) is 0 Å². The molecule has 0 aliphatic heterocycles. The number of aliphatic hydroxyl groups excluding tert-OH is 1. The van der Waals surface area contributed by atoms with Crippen LogP contribution in [0.5, 0.6) is 0 Å². The van der Waals surface area contributed by atoms with Gasteiger partial charge in [0.2, 0.25) is 7.85 Å². The van der Waals surface area contributed by atoms with Gasteiger partial charge in [-0.15, -0.1) is 0 Å². The van der Waals surface area contributed by atoms with Crippen molar-refractivity contribution < 1.29 is 14.7 Å². The molecule has 0 aromatic heterocycles. The maximum Gasteiger partial charge on any atom is 0.202 e. The molecule has 0 amide bonds. The Morgan fingerprint density at radius 1 is 1.45 bits per heavy atom. The average Bonchev–Trinajstić information content (AvgIpc) is 1.81. The summed E-state index contributed by atoms with van der Waals surface area (Å²) in [6.45, 7) is 2.36. The summed E-state index contributed by atoms with van der Waals surface area (Å²) in [6.07, 6.45) is 0.653. The molecule has 0 fully saturated rings. The second-order valence-electron chi connectivity index (χ2n) is 3.58. The second kappa shape index (κ2) is 3.56. The molecule has 0 aliphatic carbocycles. The summed E-state index contributed by atoms with van der Waals surface area (Å²) in [4.78, 5) is 0. The van der Waals surface area contributed by atoms with Crippen LogP contribution in [0.4, 0.5) is 0 Å². The normalized spacial score (nSPS) is 17.9. The highest BCUT2D eigenvalue weighted by Gasteiger charge is 2.32. The quantitative estimate of drug-likeness (QED) is 0.322. The maximum absolute atomic E-state index is 9.44. The zero-order valence-corrected chi connectivity index (χ0v) is 7.54. The van der Waals surface area contributed by atoms with Gasteiger partial charge in [-0.05, 0) is 0 Å². The molecule has 4 heteroatoms. The second-order valence-corrected chi connectivity index (χ2v) is 3.58. The molecule has 0 aromatic carbocycles. The van der Waals surface area contributed by atoms with Crippen molar-refractivity contribution in [3.05, 3.63) is 0 Å². The van der Waals surface area contributed by atoms with Crippen molar-refractivity contribution >= 4 is 7.85 Å². The number of hydrogen-bond donors (Lipinski definition) is 2. The van der Waals surface area contributed by atoms with E-state index in [9.17, 15) is 5.11 Å². The molecule has 0 rings (SSSR count). The van der Waals surface area contributed by atoms with E-state index in [0.29, 0.717) is 17.4 Å². The molecule has 0 heterocycles. The van der Waals surface area contributed by atoms with Crippen molar-refractivity contribution in [1.29, 1.82) is 0 Å². The van der Waals surface area contributed by atoms with Crippen LogP contribution in [-0.4, -0.2) is 55.4 Å². The van der Waals surface area contributed by atoms with E-state index >= 15 is 0 Å². The lowest BCUT2D eigenvalue weighted by Crippen LogP contribution is -2.58. The monoisotopic (exact) mass is 158 g/mol. The van der Waals surface area contributed by atoms with E-state index in [1.165, 1.54) is 0 Å². The molecule has 0 bridgehead atoms. The molecular weight excluding hydrogens is 141 g/mol. The van der Waals surface area contributed by atoms with Gasteiger partial charge in [0.15, 0.2) is 0 Å². The SMILES string of the molecule is [B]C(C)(O)[N+](C)(C)CCCO. The predicted octanol–water partition coefficient (Wildman–Crippen LogP) is -0.720. The third-order valence-corrected chi connectivity index (χ3v) is 2.10. The fourth-order valence-corrected chi connectivity index (χ4v) is 0.692. The van der Waals surface area contributed by atoms with E-state index in [0.717, 1.165) is 0 Å². The van der Waals surface area contributed by atoms with Gasteiger partial charge < -0.3 is 14.7 Å². The number of aliphatic hydroxyl groups is 2. The van der Waals surface area contributed by atoms with Crippen LogP contribution in [0.15, 0.2) is 0 Å². The van der Waals surface area contributed by atoms with Crippen molar-refractivity contribution in [3.63, 3.8) is 0 Å². The Labute approximate surface area is 69.6 Å². The van der Waals surface area contributed by atoms with Crippen LogP contribution in [-0.2, 0) is 0 Å². The van der Waals surface area contributed by atoms with Crippen LogP contribution in [0.25, 0.3) is 0 Å². The Kier molecular flexibility index (Phi) is 3.54. The average molecular weight is 158 g/mol. The first-order chi connectivity index (χ1) is 4.81. The van der Waals surface area contributed by atoms with Crippen LogP contribution >= 0.6 is 0 Å². The van der Waals surface area contributed by atoms with Gasteiger partial charge in [-0.3, -0.25) is 0 Å². The Morgan fingerprint density at radius 3 is 2.18 bits per heavy atom. The third kappa shape index (κ3) is 3.23. The van der Waals surface area contributed by atoms with Gasteiger partial charge in [0.05, 0.1) is 20.6 Å². The van der Waals surface area contributed by atoms with Crippen molar-refractivity contribution in [2.45, 2.75) is 19.0 Å². The number of hydrogen-bond acceptors (Lipinski definition) is 2. The number of rotatable bonds is 4. The first-order valence-corrected chi connectivity index (χ1v) is 3.76. The van der Waals surface area contributed by atoms with Crippen LogP contribution in [0, 0.1) is 0 Å². The molecule has 2 N–H and O–H groups in total. The van der Waals surface area contributed by atoms with Gasteiger partial charge in [-0.2, -0.15) is 0 Å². The van der Waals surface area contributed by atoms with Crippen LogP contribution < -0.4 is 0 Å². The highest BCUT2D eigenvalue weighted by atomic mass is 16.3. The Bertz CT molecular complexity index is 120. The third-order valence-electron chi connectivity index (χ3n) is 2.10. The Balaban J connectivity index is 4.00. The summed E-state index contributed by atoms with van der Waals surface area (Å²) in [5.74, 6) is 0.